The number of carbonyl (C=O) groups is 2. The predicted molar refractivity (Wildman–Crippen MR) is 120 cm³/mol. The van der Waals surface area contributed by atoms with Gasteiger partial charge in [0.15, 0.2) is 11.6 Å². The quantitative estimate of drug-likeness (QED) is 0.600. The minimum absolute atomic E-state index is 0.0498. The Kier molecular flexibility index (Phi) is 9.49. The molecule has 0 radical (unpaired) electrons. The number of allylic oxidation sites excluding steroid dienone is 1. The molecule has 2 aromatic rings. The largest absolute Gasteiger partial charge is 0.486 e. The van der Waals surface area contributed by atoms with Crippen LogP contribution in [0.4, 0.5) is 0 Å². The molecule has 0 saturated carbocycles. The van der Waals surface area contributed by atoms with Crippen LogP contribution in [0.3, 0.4) is 0 Å². The number of rotatable bonds is 7. The maximum Gasteiger partial charge on any atom is 0.167 e. The molecule has 0 aliphatic heterocycles. The summed E-state index contributed by atoms with van der Waals surface area (Å²) in [6, 6.07) is 15.1. The van der Waals surface area contributed by atoms with E-state index >= 15 is 0 Å². The molecule has 4 heteroatoms. The molecule has 30 heavy (non-hydrogen) atoms. The highest BCUT2D eigenvalue weighted by Crippen LogP contribution is 2.37. The number of aryl methyl sites for hydroxylation is 2. The van der Waals surface area contributed by atoms with Gasteiger partial charge in [0, 0.05) is 13.0 Å². The Balaban J connectivity index is 0.000000343. The van der Waals surface area contributed by atoms with E-state index in [-0.39, 0.29) is 18.2 Å². The standard InChI is InChI=1S/C20H22O2.C6H10O2/c1-3-18-19-7-5-4-6-15(19)8-9-16-12-17(10-11-20(16)18)22-13-14(2)21;1-6(7)4-3-5-8-2/h4-7,10-12,18H,3,8-9,13H2,1-2H3;3-4H,5H2,1-2H3/b;4-3-. The van der Waals surface area contributed by atoms with Crippen molar-refractivity contribution in [3.05, 3.63) is 76.9 Å². The summed E-state index contributed by atoms with van der Waals surface area (Å²) in [5.74, 6) is 1.36. The smallest absolute Gasteiger partial charge is 0.167 e. The minimum atomic E-state index is 0.0498. The predicted octanol–water partition coefficient (Wildman–Crippen LogP) is 5.07. The Hall–Kier alpha value is -2.72. The molecule has 0 heterocycles. The zero-order chi connectivity index (χ0) is 21.9. The number of Topliss-reactive ketones (excluding diaryl/α,β-unsaturated/α-hetero) is 1. The Morgan fingerprint density at radius 3 is 2.40 bits per heavy atom. The molecule has 2 aromatic carbocycles. The fourth-order valence-electron chi connectivity index (χ4n) is 3.70. The first-order valence-electron chi connectivity index (χ1n) is 10.4. The van der Waals surface area contributed by atoms with Crippen molar-refractivity contribution in [2.45, 2.75) is 46.0 Å². The fourth-order valence-corrected chi connectivity index (χ4v) is 3.70. The average molecular weight is 409 g/mol. The normalized spacial score (nSPS) is 14.7. The van der Waals surface area contributed by atoms with E-state index < -0.39 is 0 Å². The van der Waals surface area contributed by atoms with Crippen molar-refractivity contribution in [1.29, 1.82) is 0 Å². The summed E-state index contributed by atoms with van der Waals surface area (Å²) < 4.78 is 10.2. The van der Waals surface area contributed by atoms with E-state index in [0.29, 0.717) is 12.5 Å². The molecule has 3 rings (SSSR count). The number of ketones is 2. The van der Waals surface area contributed by atoms with Crippen LogP contribution < -0.4 is 4.74 Å². The molecule has 0 fully saturated rings. The van der Waals surface area contributed by atoms with Crippen LogP contribution in [0.1, 0.15) is 55.4 Å². The summed E-state index contributed by atoms with van der Waals surface area (Å²) in [7, 11) is 1.59. The Bertz CT molecular complexity index is 882. The van der Waals surface area contributed by atoms with E-state index in [1.165, 1.54) is 35.3 Å². The van der Waals surface area contributed by atoms with Crippen LogP contribution in [-0.4, -0.2) is 31.9 Å². The lowest BCUT2D eigenvalue weighted by molar-refractivity contribution is -0.119. The van der Waals surface area contributed by atoms with E-state index in [0.717, 1.165) is 25.0 Å². The Morgan fingerprint density at radius 1 is 1.03 bits per heavy atom. The second-order valence-electron chi connectivity index (χ2n) is 7.48. The molecule has 0 amide bonds. The van der Waals surface area contributed by atoms with Crippen molar-refractivity contribution in [1.82, 2.24) is 0 Å². The number of carbonyl (C=O) groups excluding carboxylic acids is 2. The van der Waals surface area contributed by atoms with Crippen molar-refractivity contribution >= 4 is 11.6 Å². The van der Waals surface area contributed by atoms with Gasteiger partial charge in [-0.3, -0.25) is 9.59 Å². The number of benzene rings is 2. The van der Waals surface area contributed by atoms with Crippen molar-refractivity contribution in [2.75, 3.05) is 20.3 Å². The maximum absolute atomic E-state index is 11.1. The van der Waals surface area contributed by atoms with Crippen molar-refractivity contribution in [3.8, 4) is 5.75 Å². The van der Waals surface area contributed by atoms with Crippen LogP contribution in [0.5, 0.6) is 5.75 Å². The van der Waals surface area contributed by atoms with E-state index in [2.05, 4.69) is 48.1 Å². The lowest BCUT2D eigenvalue weighted by Crippen LogP contribution is -2.07. The molecule has 1 aliphatic carbocycles. The van der Waals surface area contributed by atoms with Gasteiger partial charge < -0.3 is 9.47 Å². The monoisotopic (exact) mass is 408 g/mol. The number of hydrogen-bond acceptors (Lipinski definition) is 4. The number of hydrogen-bond donors (Lipinski definition) is 0. The number of fused-ring (bicyclic) bond motifs is 2. The summed E-state index contributed by atoms with van der Waals surface area (Å²) in [5, 5.41) is 0. The average Bonchev–Trinajstić information content (AvgIpc) is 2.89. The minimum Gasteiger partial charge on any atom is -0.486 e. The SMILES string of the molecule is CCC1c2ccccc2CCc2cc(OCC(C)=O)ccc21.COC/C=C\C(C)=O. The summed E-state index contributed by atoms with van der Waals surface area (Å²) >= 11 is 0. The highest BCUT2D eigenvalue weighted by atomic mass is 16.5. The van der Waals surface area contributed by atoms with Crippen molar-refractivity contribution < 1.29 is 19.1 Å². The van der Waals surface area contributed by atoms with Gasteiger partial charge in [-0.05, 0) is 73.6 Å². The molecular formula is C26H32O4. The Morgan fingerprint density at radius 2 is 1.73 bits per heavy atom. The second kappa shape index (κ2) is 12.1. The molecular weight excluding hydrogens is 376 g/mol. The molecule has 1 aliphatic rings. The molecule has 1 atom stereocenters. The van der Waals surface area contributed by atoms with Gasteiger partial charge in [-0.15, -0.1) is 0 Å². The molecule has 0 saturated heterocycles. The third kappa shape index (κ3) is 6.96. The second-order valence-corrected chi connectivity index (χ2v) is 7.48. The molecule has 4 nitrogen and oxygen atoms in total. The van der Waals surface area contributed by atoms with Crippen LogP contribution in [0.15, 0.2) is 54.6 Å². The van der Waals surface area contributed by atoms with Gasteiger partial charge in [-0.25, -0.2) is 0 Å². The van der Waals surface area contributed by atoms with E-state index in [1.807, 2.05) is 6.07 Å². The zero-order valence-electron chi connectivity index (χ0n) is 18.4. The van der Waals surface area contributed by atoms with Gasteiger partial charge in [0.25, 0.3) is 0 Å². The molecule has 0 N–H and O–H groups in total. The third-order valence-electron chi connectivity index (χ3n) is 5.05. The highest BCUT2D eigenvalue weighted by Gasteiger charge is 2.22. The van der Waals surface area contributed by atoms with Gasteiger partial charge >= 0.3 is 0 Å². The first kappa shape index (κ1) is 23.6. The zero-order valence-corrected chi connectivity index (χ0v) is 18.4. The van der Waals surface area contributed by atoms with Crippen molar-refractivity contribution in [2.24, 2.45) is 0 Å². The first-order chi connectivity index (χ1) is 14.5. The van der Waals surface area contributed by atoms with E-state index in [1.54, 1.807) is 20.1 Å². The summed E-state index contributed by atoms with van der Waals surface area (Å²) in [4.78, 5) is 21.3. The molecule has 1 unspecified atom stereocenters. The summed E-state index contributed by atoms with van der Waals surface area (Å²) in [5.41, 5.74) is 5.67. The van der Waals surface area contributed by atoms with Crippen LogP contribution in [0, 0.1) is 0 Å². The summed E-state index contributed by atoms with van der Waals surface area (Å²) in [6.45, 7) is 5.96. The van der Waals surface area contributed by atoms with Gasteiger partial charge in [0.05, 0.1) is 6.61 Å². The van der Waals surface area contributed by atoms with Crippen LogP contribution in [-0.2, 0) is 27.2 Å². The van der Waals surface area contributed by atoms with Gasteiger partial charge in [-0.1, -0.05) is 43.3 Å². The molecule has 0 bridgehead atoms. The lowest BCUT2D eigenvalue weighted by atomic mass is 9.86. The third-order valence-corrected chi connectivity index (χ3v) is 5.05. The number of methoxy groups -OCH3 is 1. The van der Waals surface area contributed by atoms with Crippen LogP contribution >= 0.6 is 0 Å². The molecule has 160 valence electrons. The molecule has 0 spiro atoms. The van der Waals surface area contributed by atoms with Crippen molar-refractivity contribution in [3.63, 3.8) is 0 Å². The number of ether oxygens (including phenoxy) is 2. The van der Waals surface area contributed by atoms with E-state index in [4.69, 9.17) is 4.74 Å². The topological polar surface area (TPSA) is 52.6 Å². The lowest BCUT2D eigenvalue weighted by Gasteiger charge is -2.19. The van der Waals surface area contributed by atoms with Gasteiger partial charge in [0.2, 0.25) is 0 Å². The Labute approximate surface area is 179 Å². The summed E-state index contributed by atoms with van der Waals surface area (Å²) in [6.07, 6.45) is 6.36. The van der Waals surface area contributed by atoms with Gasteiger partial charge in [-0.2, -0.15) is 0 Å². The van der Waals surface area contributed by atoms with E-state index in [9.17, 15) is 9.59 Å². The first-order valence-corrected chi connectivity index (χ1v) is 10.4. The maximum atomic E-state index is 11.1. The molecule has 0 aromatic heterocycles. The van der Waals surface area contributed by atoms with Gasteiger partial charge in [0.1, 0.15) is 12.4 Å². The van der Waals surface area contributed by atoms with Crippen LogP contribution in [0.25, 0.3) is 0 Å². The fraction of sp³-hybridized carbons (Fsp3) is 0.385. The highest BCUT2D eigenvalue weighted by molar-refractivity contribution is 5.87. The van der Waals surface area contributed by atoms with Crippen LogP contribution in [0.2, 0.25) is 0 Å².